The molecule has 1 atom stereocenters. The summed E-state index contributed by atoms with van der Waals surface area (Å²) in [6, 6.07) is 4.30. The van der Waals surface area contributed by atoms with Gasteiger partial charge in [0.1, 0.15) is 0 Å². The summed E-state index contributed by atoms with van der Waals surface area (Å²) in [6.45, 7) is 5.35. The van der Waals surface area contributed by atoms with Crippen molar-refractivity contribution in [3.8, 4) is 0 Å². The molecule has 14 heavy (non-hydrogen) atoms. The molecule has 0 aliphatic carbocycles. The van der Waals surface area contributed by atoms with Gasteiger partial charge in [-0.1, -0.05) is 26.0 Å². The van der Waals surface area contributed by atoms with Crippen LogP contribution in [0.3, 0.4) is 0 Å². The van der Waals surface area contributed by atoms with Gasteiger partial charge in [0.15, 0.2) is 11.6 Å². The lowest BCUT2D eigenvalue weighted by Crippen LogP contribution is -2.20. The van der Waals surface area contributed by atoms with Gasteiger partial charge in [0.05, 0.1) is 0 Å². The van der Waals surface area contributed by atoms with Crippen molar-refractivity contribution in [2.24, 2.45) is 0 Å². The number of rotatable bonds is 4. The van der Waals surface area contributed by atoms with Crippen LogP contribution >= 0.6 is 0 Å². The lowest BCUT2D eigenvalue weighted by Gasteiger charge is -2.13. The van der Waals surface area contributed by atoms with E-state index in [0.29, 0.717) is 12.1 Å². The Morgan fingerprint density at radius 3 is 2.71 bits per heavy atom. The third kappa shape index (κ3) is 2.51. The number of benzene rings is 1. The molecule has 0 aliphatic heterocycles. The molecule has 1 nitrogen and oxygen atoms in total. The van der Waals surface area contributed by atoms with Crippen LogP contribution in [0.15, 0.2) is 18.2 Å². The summed E-state index contributed by atoms with van der Waals surface area (Å²) in [5, 5.41) is 3.10. The van der Waals surface area contributed by atoms with Crippen LogP contribution in [0, 0.1) is 11.6 Å². The average molecular weight is 199 g/mol. The fourth-order valence-corrected chi connectivity index (χ4v) is 1.37. The zero-order valence-electron chi connectivity index (χ0n) is 8.48. The fourth-order valence-electron chi connectivity index (χ4n) is 1.37. The second kappa shape index (κ2) is 5.05. The van der Waals surface area contributed by atoms with Crippen molar-refractivity contribution in [3.63, 3.8) is 0 Å². The summed E-state index contributed by atoms with van der Waals surface area (Å²) < 4.78 is 26.1. The van der Waals surface area contributed by atoms with Crippen LogP contribution in [0.5, 0.6) is 0 Å². The Hall–Kier alpha value is -0.960. The smallest absolute Gasteiger partial charge is 0.162 e. The zero-order chi connectivity index (χ0) is 10.6. The minimum Gasteiger partial charge on any atom is -0.316 e. The topological polar surface area (TPSA) is 12.0 Å². The molecule has 1 N–H and O–H groups in total. The molecular formula is C11H15F2N. The first-order valence-corrected chi connectivity index (χ1v) is 4.81. The van der Waals surface area contributed by atoms with Crippen LogP contribution in [0.4, 0.5) is 8.78 Å². The van der Waals surface area contributed by atoms with E-state index in [9.17, 15) is 8.78 Å². The van der Waals surface area contributed by atoms with Gasteiger partial charge < -0.3 is 5.32 Å². The van der Waals surface area contributed by atoms with Gasteiger partial charge in [-0.25, -0.2) is 8.78 Å². The van der Waals surface area contributed by atoms with E-state index < -0.39 is 11.6 Å². The third-order valence-electron chi connectivity index (χ3n) is 2.21. The number of halogens is 2. The Morgan fingerprint density at radius 2 is 2.07 bits per heavy atom. The van der Waals surface area contributed by atoms with Gasteiger partial charge in [-0.05, 0) is 24.1 Å². The van der Waals surface area contributed by atoms with Crippen LogP contribution < -0.4 is 5.32 Å². The van der Waals surface area contributed by atoms with Gasteiger partial charge in [0.25, 0.3) is 0 Å². The van der Waals surface area contributed by atoms with Crippen molar-refractivity contribution < 1.29 is 8.78 Å². The summed E-state index contributed by atoms with van der Waals surface area (Å²) in [5.41, 5.74) is 0.436. The standard InChI is InChI=1S/C11H15F2N/c1-3-14-7-8(2)9-5-4-6-10(12)11(9)13/h4-6,8,14H,3,7H2,1-2H3. The van der Waals surface area contributed by atoms with Crippen LogP contribution in [-0.2, 0) is 0 Å². The quantitative estimate of drug-likeness (QED) is 0.786. The molecule has 0 aromatic heterocycles. The van der Waals surface area contributed by atoms with E-state index in [-0.39, 0.29) is 5.92 Å². The van der Waals surface area contributed by atoms with Crippen LogP contribution in [0.1, 0.15) is 25.3 Å². The molecule has 0 radical (unpaired) electrons. The Labute approximate surface area is 83.1 Å². The Balaban J connectivity index is 2.79. The predicted molar refractivity (Wildman–Crippen MR) is 53.3 cm³/mol. The summed E-state index contributed by atoms with van der Waals surface area (Å²) in [5.74, 6) is -1.51. The van der Waals surface area contributed by atoms with E-state index in [1.54, 1.807) is 6.07 Å². The maximum atomic E-state index is 13.3. The van der Waals surface area contributed by atoms with Crippen LogP contribution in [0.2, 0.25) is 0 Å². The van der Waals surface area contributed by atoms with Gasteiger partial charge in [-0.2, -0.15) is 0 Å². The molecule has 0 aliphatic rings. The Bertz CT molecular complexity index is 299. The molecule has 0 saturated carbocycles. The molecule has 0 spiro atoms. The number of hydrogen-bond donors (Lipinski definition) is 1. The second-order valence-electron chi connectivity index (χ2n) is 3.35. The molecule has 1 aromatic carbocycles. The number of nitrogens with one attached hydrogen (secondary N) is 1. The molecule has 78 valence electrons. The highest BCUT2D eigenvalue weighted by Gasteiger charge is 2.13. The average Bonchev–Trinajstić information content (AvgIpc) is 2.18. The minimum absolute atomic E-state index is 0.00866. The third-order valence-corrected chi connectivity index (χ3v) is 2.21. The lowest BCUT2D eigenvalue weighted by molar-refractivity contribution is 0.486. The van der Waals surface area contributed by atoms with Gasteiger partial charge >= 0.3 is 0 Å². The normalized spacial score (nSPS) is 12.9. The van der Waals surface area contributed by atoms with Gasteiger partial charge in [0, 0.05) is 6.54 Å². The number of hydrogen-bond acceptors (Lipinski definition) is 1. The van der Waals surface area contributed by atoms with Crippen LogP contribution in [0.25, 0.3) is 0 Å². The Kier molecular flexibility index (Phi) is 4.01. The zero-order valence-corrected chi connectivity index (χ0v) is 8.48. The summed E-state index contributed by atoms with van der Waals surface area (Å²) in [6.07, 6.45) is 0. The van der Waals surface area contributed by atoms with E-state index in [1.165, 1.54) is 6.07 Å². The molecule has 1 unspecified atom stereocenters. The van der Waals surface area contributed by atoms with Crippen molar-refractivity contribution in [2.45, 2.75) is 19.8 Å². The highest BCUT2D eigenvalue weighted by Crippen LogP contribution is 2.19. The molecular weight excluding hydrogens is 184 g/mol. The first kappa shape index (κ1) is 11.1. The van der Waals surface area contributed by atoms with E-state index >= 15 is 0 Å². The highest BCUT2D eigenvalue weighted by molar-refractivity contribution is 5.22. The maximum absolute atomic E-state index is 13.3. The predicted octanol–water partition coefficient (Wildman–Crippen LogP) is 2.68. The molecule has 0 heterocycles. The summed E-state index contributed by atoms with van der Waals surface area (Å²) >= 11 is 0. The van der Waals surface area contributed by atoms with Gasteiger partial charge in [-0.3, -0.25) is 0 Å². The molecule has 0 fully saturated rings. The van der Waals surface area contributed by atoms with Crippen molar-refractivity contribution >= 4 is 0 Å². The lowest BCUT2D eigenvalue weighted by atomic mass is 10.0. The van der Waals surface area contributed by atoms with Crippen LogP contribution in [-0.4, -0.2) is 13.1 Å². The van der Waals surface area contributed by atoms with E-state index in [2.05, 4.69) is 5.32 Å². The van der Waals surface area contributed by atoms with E-state index in [1.807, 2.05) is 13.8 Å². The molecule has 0 amide bonds. The molecule has 1 rings (SSSR count). The molecule has 3 heteroatoms. The highest BCUT2D eigenvalue weighted by atomic mass is 19.2. The summed E-state index contributed by atoms with van der Waals surface area (Å²) in [7, 11) is 0. The Morgan fingerprint density at radius 1 is 1.36 bits per heavy atom. The van der Waals surface area contributed by atoms with Crippen molar-refractivity contribution in [1.29, 1.82) is 0 Å². The minimum atomic E-state index is -0.772. The van der Waals surface area contributed by atoms with Gasteiger partial charge in [0.2, 0.25) is 0 Å². The monoisotopic (exact) mass is 199 g/mol. The first-order chi connectivity index (χ1) is 6.66. The molecule has 0 bridgehead atoms. The maximum Gasteiger partial charge on any atom is 0.162 e. The second-order valence-corrected chi connectivity index (χ2v) is 3.35. The largest absolute Gasteiger partial charge is 0.316 e. The number of likely N-dealkylation sites (N-methyl/N-ethyl adjacent to an activating group) is 1. The van der Waals surface area contributed by atoms with Crippen molar-refractivity contribution in [1.82, 2.24) is 5.32 Å². The molecule has 0 saturated heterocycles. The molecule has 1 aromatic rings. The first-order valence-electron chi connectivity index (χ1n) is 4.81. The fraction of sp³-hybridized carbons (Fsp3) is 0.455. The van der Waals surface area contributed by atoms with Crippen molar-refractivity contribution in [2.75, 3.05) is 13.1 Å². The SMILES string of the molecule is CCNCC(C)c1cccc(F)c1F. The summed E-state index contributed by atoms with van der Waals surface area (Å²) in [4.78, 5) is 0. The van der Waals surface area contributed by atoms with E-state index in [4.69, 9.17) is 0 Å². The van der Waals surface area contributed by atoms with E-state index in [0.717, 1.165) is 12.6 Å². The van der Waals surface area contributed by atoms with Gasteiger partial charge in [-0.15, -0.1) is 0 Å². The van der Waals surface area contributed by atoms with Crippen molar-refractivity contribution in [3.05, 3.63) is 35.4 Å².